The third-order valence-corrected chi connectivity index (χ3v) is 7.25. The van der Waals surface area contributed by atoms with E-state index in [1.807, 2.05) is 44.4 Å². The van der Waals surface area contributed by atoms with E-state index in [0.29, 0.717) is 38.0 Å². The second kappa shape index (κ2) is 16.9. The molecule has 1 heterocycles. The number of hydrogen-bond acceptors (Lipinski definition) is 7. The third kappa shape index (κ3) is 10.5. The highest BCUT2D eigenvalue weighted by Crippen LogP contribution is 2.19. The molecular weight excluding hydrogens is 532 g/mol. The van der Waals surface area contributed by atoms with Gasteiger partial charge in [-0.15, -0.1) is 0 Å². The van der Waals surface area contributed by atoms with Crippen LogP contribution in [0, 0.1) is 5.92 Å². The van der Waals surface area contributed by atoms with Crippen molar-refractivity contribution in [2.75, 3.05) is 18.6 Å². The molecule has 12 heteroatoms. The largest absolute Gasteiger partial charge is 0.480 e. The van der Waals surface area contributed by atoms with E-state index in [2.05, 4.69) is 20.9 Å². The van der Waals surface area contributed by atoms with Gasteiger partial charge in [0.1, 0.15) is 18.1 Å². The number of para-hydroxylation sites is 1. The molecule has 3 amide bonds. The number of carboxylic acids is 1. The molecule has 4 unspecified atom stereocenters. The summed E-state index contributed by atoms with van der Waals surface area (Å²) in [7, 11) is 0. The predicted molar refractivity (Wildman–Crippen MR) is 159 cm³/mol. The van der Waals surface area contributed by atoms with Gasteiger partial charge in [0.2, 0.25) is 17.7 Å². The highest BCUT2D eigenvalue weighted by molar-refractivity contribution is 7.98. The van der Waals surface area contributed by atoms with Crippen molar-refractivity contribution in [3.63, 3.8) is 0 Å². The molecule has 2 rings (SSSR count). The van der Waals surface area contributed by atoms with E-state index in [9.17, 15) is 24.3 Å². The molecule has 0 radical (unpaired) electrons. The van der Waals surface area contributed by atoms with Crippen LogP contribution in [0.3, 0.4) is 0 Å². The van der Waals surface area contributed by atoms with Gasteiger partial charge in [0, 0.05) is 23.5 Å². The van der Waals surface area contributed by atoms with E-state index >= 15 is 0 Å². The normalized spacial score (nSPS) is 14.3. The van der Waals surface area contributed by atoms with Gasteiger partial charge in [-0.2, -0.15) is 11.8 Å². The summed E-state index contributed by atoms with van der Waals surface area (Å²) in [5.41, 5.74) is 13.2. The SMILES string of the molecule is CSCCC(NC(=O)C(N)CCCCN)C(=O)NC(CC(C)C)C(=O)NC(Cc1c[nH]c2ccccc12)C(=O)O. The number of nitrogens with one attached hydrogen (secondary N) is 4. The van der Waals surface area contributed by atoms with Gasteiger partial charge in [-0.1, -0.05) is 38.5 Å². The third-order valence-electron chi connectivity index (χ3n) is 6.60. The minimum atomic E-state index is -1.20. The van der Waals surface area contributed by atoms with Gasteiger partial charge >= 0.3 is 5.97 Å². The molecule has 222 valence electrons. The molecule has 0 bridgehead atoms. The fraction of sp³-hybridized carbons (Fsp3) is 0.571. The summed E-state index contributed by atoms with van der Waals surface area (Å²) >= 11 is 1.53. The number of H-pyrrole nitrogens is 1. The van der Waals surface area contributed by atoms with E-state index in [0.717, 1.165) is 22.9 Å². The van der Waals surface area contributed by atoms with Crippen LogP contribution in [-0.2, 0) is 25.6 Å². The summed E-state index contributed by atoms with van der Waals surface area (Å²) in [5.74, 6) is -2.09. The maximum absolute atomic E-state index is 13.3. The summed E-state index contributed by atoms with van der Waals surface area (Å²) in [6, 6.07) is 3.68. The lowest BCUT2D eigenvalue weighted by molar-refractivity contribution is -0.142. The summed E-state index contributed by atoms with van der Waals surface area (Å²) in [6.07, 6.45) is 6.24. The smallest absolute Gasteiger partial charge is 0.326 e. The first-order valence-corrected chi connectivity index (χ1v) is 15.1. The van der Waals surface area contributed by atoms with Crippen LogP contribution in [0.2, 0.25) is 0 Å². The highest BCUT2D eigenvalue weighted by Gasteiger charge is 2.31. The Hall–Kier alpha value is -3.09. The van der Waals surface area contributed by atoms with Crippen molar-refractivity contribution in [1.82, 2.24) is 20.9 Å². The van der Waals surface area contributed by atoms with Crippen molar-refractivity contribution in [3.05, 3.63) is 36.0 Å². The highest BCUT2D eigenvalue weighted by atomic mass is 32.2. The minimum Gasteiger partial charge on any atom is -0.480 e. The lowest BCUT2D eigenvalue weighted by Gasteiger charge is -2.26. The number of thioether (sulfide) groups is 1. The van der Waals surface area contributed by atoms with Gasteiger partial charge in [-0.3, -0.25) is 14.4 Å². The molecule has 0 saturated heterocycles. The molecule has 0 aliphatic rings. The van der Waals surface area contributed by atoms with Gasteiger partial charge in [-0.05, 0) is 61.8 Å². The summed E-state index contributed by atoms with van der Waals surface area (Å²) in [4.78, 5) is 54.5. The lowest BCUT2D eigenvalue weighted by Crippen LogP contribution is -2.57. The predicted octanol–water partition coefficient (Wildman–Crippen LogP) is 1.50. The Morgan fingerprint density at radius 3 is 2.25 bits per heavy atom. The van der Waals surface area contributed by atoms with Crippen molar-refractivity contribution < 1.29 is 24.3 Å². The van der Waals surface area contributed by atoms with E-state index in [1.165, 1.54) is 11.8 Å². The number of amides is 3. The van der Waals surface area contributed by atoms with Crippen LogP contribution in [0.5, 0.6) is 0 Å². The maximum Gasteiger partial charge on any atom is 0.326 e. The van der Waals surface area contributed by atoms with E-state index in [1.54, 1.807) is 6.20 Å². The van der Waals surface area contributed by atoms with Crippen molar-refractivity contribution in [3.8, 4) is 0 Å². The quantitative estimate of drug-likeness (QED) is 0.130. The monoisotopic (exact) mass is 576 g/mol. The molecule has 40 heavy (non-hydrogen) atoms. The Labute approximate surface area is 240 Å². The molecular formula is C28H44N6O5S. The van der Waals surface area contributed by atoms with E-state index in [4.69, 9.17) is 11.5 Å². The maximum atomic E-state index is 13.3. The molecule has 0 aliphatic carbocycles. The van der Waals surface area contributed by atoms with Gasteiger partial charge < -0.3 is 37.5 Å². The Morgan fingerprint density at radius 1 is 0.950 bits per heavy atom. The zero-order chi connectivity index (χ0) is 29.7. The number of nitrogens with two attached hydrogens (primary N) is 2. The number of benzene rings is 1. The first-order chi connectivity index (χ1) is 19.1. The Kier molecular flexibility index (Phi) is 14.0. The zero-order valence-electron chi connectivity index (χ0n) is 23.6. The standard InChI is InChI=1S/C28H44N6O5S/c1-17(2)14-23(33-26(36)22(11-13-40-3)32-25(35)20(30)9-6-7-12-29)27(37)34-24(28(38)39)15-18-16-31-21-10-5-4-8-19(18)21/h4-5,8,10,16-17,20,22-24,31H,6-7,9,11-15,29-30H2,1-3H3,(H,32,35)(H,33,36)(H,34,37)(H,38,39). The average molecular weight is 577 g/mol. The Bertz CT molecular complexity index is 1120. The number of aliphatic carboxylic acids is 1. The van der Waals surface area contributed by atoms with Crippen LogP contribution in [0.4, 0.5) is 0 Å². The number of carbonyl (C=O) groups excluding carboxylic acids is 3. The molecule has 9 N–H and O–H groups in total. The molecule has 11 nitrogen and oxygen atoms in total. The average Bonchev–Trinajstić information content (AvgIpc) is 3.32. The molecule has 4 atom stereocenters. The van der Waals surface area contributed by atoms with Crippen LogP contribution in [0.15, 0.2) is 30.5 Å². The van der Waals surface area contributed by atoms with Crippen LogP contribution >= 0.6 is 11.8 Å². The van der Waals surface area contributed by atoms with Crippen LogP contribution in [0.25, 0.3) is 10.9 Å². The molecule has 0 fully saturated rings. The molecule has 0 spiro atoms. The number of aromatic nitrogens is 1. The lowest BCUT2D eigenvalue weighted by atomic mass is 10.0. The molecule has 1 aromatic heterocycles. The van der Waals surface area contributed by atoms with Crippen LogP contribution in [-0.4, -0.2) is 76.5 Å². The Morgan fingerprint density at radius 2 is 1.60 bits per heavy atom. The summed E-state index contributed by atoms with van der Waals surface area (Å²) in [5, 5.41) is 18.8. The first kappa shape index (κ1) is 33.1. The van der Waals surface area contributed by atoms with Crippen molar-refractivity contribution in [1.29, 1.82) is 0 Å². The number of hydrogen-bond donors (Lipinski definition) is 7. The fourth-order valence-electron chi connectivity index (χ4n) is 4.39. The number of carbonyl (C=O) groups is 4. The van der Waals surface area contributed by atoms with Gasteiger partial charge in [0.25, 0.3) is 0 Å². The van der Waals surface area contributed by atoms with Gasteiger partial charge in [0.05, 0.1) is 6.04 Å². The number of unbranched alkanes of at least 4 members (excludes halogenated alkanes) is 1. The molecule has 2 aromatic rings. The second-order valence-corrected chi connectivity index (χ2v) is 11.4. The topological polar surface area (TPSA) is 192 Å². The number of fused-ring (bicyclic) bond motifs is 1. The molecule has 0 aliphatic heterocycles. The number of aromatic amines is 1. The van der Waals surface area contributed by atoms with E-state index < -0.39 is 47.9 Å². The zero-order valence-corrected chi connectivity index (χ0v) is 24.4. The van der Waals surface area contributed by atoms with E-state index in [-0.39, 0.29) is 12.3 Å². The summed E-state index contributed by atoms with van der Waals surface area (Å²) in [6.45, 7) is 4.32. The number of carboxylic acid groups (broad SMARTS) is 1. The second-order valence-electron chi connectivity index (χ2n) is 10.4. The van der Waals surface area contributed by atoms with Crippen LogP contribution < -0.4 is 27.4 Å². The number of rotatable bonds is 18. The molecule has 0 saturated carbocycles. The summed E-state index contributed by atoms with van der Waals surface area (Å²) < 4.78 is 0. The van der Waals surface area contributed by atoms with Gasteiger partial charge in [-0.25, -0.2) is 4.79 Å². The first-order valence-electron chi connectivity index (χ1n) is 13.7. The van der Waals surface area contributed by atoms with Crippen LogP contribution in [0.1, 0.15) is 51.5 Å². The van der Waals surface area contributed by atoms with Crippen molar-refractivity contribution in [2.24, 2.45) is 17.4 Å². The minimum absolute atomic E-state index is 0.0307. The van der Waals surface area contributed by atoms with Gasteiger partial charge in [0.15, 0.2) is 0 Å². The molecule has 1 aromatic carbocycles. The van der Waals surface area contributed by atoms with Crippen molar-refractivity contribution >= 4 is 46.4 Å². The fourth-order valence-corrected chi connectivity index (χ4v) is 4.86. The van der Waals surface area contributed by atoms with Crippen molar-refractivity contribution in [2.45, 2.75) is 76.5 Å². The Balaban J connectivity index is 2.13.